The Morgan fingerprint density at radius 3 is 2.63 bits per heavy atom. The number of rotatable bonds is 1. The van der Waals surface area contributed by atoms with Gasteiger partial charge in [0.15, 0.2) is 0 Å². The quantitative estimate of drug-likeness (QED) is 0.665. The van der Waals surface area contributed by atoms with E-state index in [1.165, 1.54) is 0 Å². The topological polar surface area (TPSA) is 34.9 Å². The fourth-order valence-electron chi connectivity index (χ4n) is 2.30. The summed E-state index contributed by atoms with van der Waals surface area (Å²) in [7, 11) is 0. The largest absolute Gasteiger partial charge is 0.279 e. The lowest BCUT2D eigenvalue weighted by Gasteiger charge is -2.12. The van der Waals surface area contributed by atoms with Crippen LogP contribution in [0.5, 0.6) is 0 Å². The predicted molar refractivity (Wildman–Crippen MR) is 76.8 cm³/mol. The van der Waals surface area contributed by atoms with Gasteiger partial charge in [0.1, 0.15) is 0 Å². The van der Waals surface area contributed by atoms with E-state index in [0.29, 0.717) is 0 Å². The van der Waals surface area contributed by atoms with E-state index in [-0.39, 0.29) is 5.56 Å². The third kappa shape index (κ3) is 1.83. The molecule has 0 atom stereocenters. The molecule has 0 amide bonds. The number of para-hydroxylation sites is 1. The lowest BCUT2D eigenvalue weighted by Crippen LogP contribution is -2.22. The first kappa shape index (κ1) is 11.7. The molecule has 0 spiro atoms. The summed E-state index contributed by atoms with van der Waals surface area (Å²) < 4.78 is 1.73. The van der Waals surface area contributed by atoms with Gasteiger partial charge in [-0.15, -0.1) is 0 Å². The van der Waals surface area contributed by atoms with Crippen molar-refractivity contribution in [1.82, 2.24) is 9.55 Å². The van der Waals surface area contributed by atoms with E-state index >= 15 is 0 Å². The molecule has 0 aliphatic rings. The van der Waals surface area contributed by atoms with Crippen molar-refractivity contribution in [2.75, 3.05) is 0 Å². The van der Waals surface area contributed by atoms with Crippen molar-refractivity contribution in [3.8, 4) is 5.69 Å². The van der Waals surface area contributed by atoms with Crippen LogP contribution in [0, 0.1) is 13.8 Å². The fraction of sp³-hybridized carbons (Fsp3) is 0.125. The zero-order valence-corrected chi connectivity index (χ0v) is 10.9. The molecule has 0 aliphatic heterocycles. The van der Waals surface area contributed by atoms with Crippen LogP contribution in [0.25, 0.3) is 16.6 Å². The number of hydrogen-bond donors (Lipinski definition) is 0. The second kappa shape index (κ2) is 4.35. The molecule has 3 aromatic rings. The van der Waals surface area contributed by atoms with E-state index in [4.69, 9.17) is 0 Å². The molecule has 94 valence electrons. The van der Waals surface area contributed by atoms with Crippen LogP contribution in [-0.4, -0.2) is 9.55 Å². The number of fused-ring (bicyclic) bond motifs is 1. The molecule has 2 heterocycles. The van der Waals surface area contributed by atoms with Gasteiger partial charge in [0, 0.05) is 22.8 Å². The number of aromatic nitrogens is 2. The van der Waals surface area contributed by atoms with Gasteiger partial charge in [0.25, 0.3) is 5.56 Å². The van der Waals surface area contributed by atoms with Crippen LogP contribution < -0.4 is 5.56 Å². The minimum absolute atomic E-state index is 0.0122. The second-order valence-corrected chi connectivity index (χ2v) is 4.65. The van der Waals surface area contributed by atoms with Crippen LogP contribution in [0.4, 0.5) is 0 Å². The van der Waals surface area contributed by atoms with Crippen molar-refractivity contribution < 1.29 is 0 Å². The zero-order valence-electron chi connectivity index (χ0n) is 10.9. The number of nitrogens with zero attached hydrogens (tertiary/aromatic N) is 2. The highest BCUT2D eigenvalue weighted by Gasteiger charge is 2.09. The summed E-state index contributed by atoms with van der Waals surface area (Å²) >= 11 is 0. The summed E-state index contributed by atoms with van der Waals surface area (Å²) in [6.45, 7) is 3.76. The van der Waals surface area contributed by atoms with Crippen molar-refractivity contribution in [2.45, 2.75) is 13.8 Å². The van der Waals surface area contributed by atoms with Crippen LogP contribution in [0.1, 0.15) is 11.3 Å². The highest BCUT2D eigenvalue weighted by Crippen LogP contribution is 2.19. The third-order valence-corrected chi connectivity index (χ3v) is 3.32. The summed E-state index contributed by atoms with van der Waals surface area (Å²) in [6.07, 6.45) is 1.75. The highest BCUT2D eigenvalue weighted by molar-refractivity contribution is 5.86. The van der Waals surface area contributed by atoms with Gasteiger partial charge >= 0.3 is 0 Å². The predicted octanol–water partition coefficient (Wildman–Crippen LogP) is 3.00. The van der Waals surface area contributed by atoms with E-state index in [1.54, 1.807) is 10.8 Å². The van der Waals surface area contributed by atoms with Crippen molar-refractivity contribution in [1.29, 1.82) is 0 Å². The average Bonchev–Trinajstić information content (AvgIpc) is 2.44. The van der Waals surface area contributed by atoms with Crippen LogP contribution in [0.15, 0.2) is 53.5 Å². The van der Waals surface area contributed by atoms with Crippen molar-refractivity contribution >= 4 is 10.9 Å². The van der Waals surface area contributed by atoms with Crippen LogP contribution in [0.3, 0.4) is 0 Å². The van der Waals surface area contributed by atoms with Crippen molar-refractivity contribution in [3.63, 3.8) is 0 Å². The van der Waals surface area contributed by atoms with Crippen LogP contribution >= 0.6 is 0 Å². The Balaban J connectivity index is 2.44. The molecule has 0 aliphatic carbocycles. The molecule has 0 saturated heterocycles. The average molecular weight is 250 g/mol. The first-order valence-corrected chi connectivity index (χ1v) is 6.22. The maximum absolute atomic E-state index is 12.4. The van der Waals surface area contributed by atoms with E-state index < -0.39 is 0 Å². The van der Waals surface area contributed by atoms with Gasteiger partial charge in [0.05, 0.1) is 11.2 Å². The molecule has 3 nitrogen and oxygen atoms in total. The Hall–Kier alpha value is -2.42. The maximum atomic E-state index is 12.4. The number of hydrogen-bond acceptors (Lipinski definition) is 2. The summed E-state index contributed by atoms with van der Waals surface area (Å²) in [5.74, 6) is 0. The third-order valence-electron chi connectivity index (χ3n) is 3.32. The lowest BCUT2D eigenvalue weighted by molar-refractivity contribution is 0.923. The monoisotopic (exact) mass is 250 g/mol. The van der Waals surface area contributed by atoms with Gasteiger partial charge in [-0.1, -0.05) is 24.3 Å². The molecular weight excluding hydrogens is 236 g/mol. The minimum atomic E-state index is 0.0122. The molecule has 0 bridgehead atoms. The Bertz CT molecular complexity index is 813. The molecule has 0 saturated carbocycles. The molecule has 19 heavy (non-hydrogen) atoms. The van der Waals surface area contributed by atoms with Crippen molar-refractivity contribution in [2.24, 2.45) is 0 Å². The Kier molecular flexibility index (Phi) is 2.67. The normalized spacial score (nSPS) is 10.8. The van der Waals surface area contributed by atoms with Crippen molar-refractivity contribution in [3.05, 3.63) is 70.3 Å². The summed E-state index contributed by atoms with van der Waals surface area (Å²) in [6, 6.07) is 13.6. The van der Waals surface area contributed by atoms with E-state index in [0.717, 1.165) is 27.8 Å². The molecule has 0 unspecified atom stereocenters. The van der Waals surface area contributed by atoms with Gasteiger partial charge in [0.2, 0.25) is 0 Å². The minimum Gasteiger partial charge on any atom is -0.279 e. The lowest BCUT2D eigenvalue weighted by atomic mass is 10.1. The smallest absolute Gasteiger partial charge is 0.258 e. The number of pyridine rings is 2. The van der Waals surface area contributed by atoms with E-state index in [9.17, 15) is 4.79 Å². The Morgan fingerprint density at radius 1 is 1.00 bits per heavy atom. The molecule has 3 heteroatoms. The standard InChI is InChI=1S/C16H14N2O/c1-11-8-9-12(2)18(16(11)19)14-7-3-5-13-6-4-10-17-15(13)14/h3-10H,1-2H3. The van der Waals surface area contributed by atoms with Gasteiger partial charge in [-0.3, -0.25) is 14.3 Å². The number of aryl methyl sites for hydroxylation is 2. The molecule has 0 fully saturated rings. The fourth-order valence-corrected chi connectivity index (χ4v) is 2.30. The Labute approximate surface area is 111 Å². The van der Waals surface area contributed by atoms with Gasteiger partial charge in [-0.25, -0.2) is 0 Å². The molecule has 0 radical (unpaired) electrons. The molecular formula is C16H14N2O. The first-order valence-electron chi connectivity index (χ1n) is 6.22. The second-order valence-electron chi connectivity index (χ2n) is 4.65. The highest BCUT2D eigenvalue weighted by atomic mass is 16.1. The van der Waals surface area contributed by atoms with Gasteiger partial charge < -0.3 is 0 Å². The maximum Gasteiger partial charge on any atom is 0.258 e. The molecule has 0 N–H and O–H groups in total. The summed E-state index contributed by atoms with van der Waals surface area (Å²) in [5, 5.41) is 1.04. The van der Waals surface area contributed by atoms with E-state index in [2.05, 4.69) is 4.98 Å². The Morgan fingerprint density at radius 2 is 1.79 bits per heavy atom. The van der Waals surface area contributed by atoms with Gasteiger partial charge in [-0.2, -0.15) is 0 Å². The zero-order chi connectivity index (χ0) is 13.4. The summed E-state index contributed by atoms with van der Waals surface area (Å²) in [4.78, 5) is 16.8. The van der Waals surface area contributed by atoms with Crippen LogP contribution in [0.2, 0.25) is 0 Å². The molecule has 3 rings (SSSR count). The number of benzene rings is 1. The van der Waals surface area contributed by atoms with Crippen LogP contribution in [-0.2, 0) is 0 Å². The SMILES string of the molecule is Cc1ccc(C)n(-c2cccc3cccnc23)c1=O. The van der Waals surface area contributed by atoms with E-state index in [1.807, 2.05) is 56.3 Å². The molecule has 2 aromatic heterocycles. The first-order chi connectivity index (χ1) is 9.18. The van der Waals surface area contributed by atoms with Gasteiger partial charge in [-0.05, 0) is 32.0 Å². The summed E-state index contributed by atoms with van der Waals surface area (Å²) in [5.41, 5.74) is 3.34. The molecule has 1 aromatic carbocycles.